The first-order chi connectivity index (χ1) is 9.63. The molecule has 0 aromatic heterocycles. The number of nitrogens with one attached hydrogen (secondary N) is 1. The number of hydrogen-bond donors (Lipinski definition) is 2. The number of amides is 1. The van der Waals surface area contributed by atoms with Gasteiger partial charge in [-0.1, -0.05) is 18.2 Å². The first-order valence-corrected chi connectivity index (χ1v) is 7.12. The maximum atomic E-state index is 13.7. The molecule has 3 rings (SSSR count). The summed E-state index contributed by atoms with van der Waals surface area (Å²) in [6.45, 7) is 0. The molecule has 1 aliphatic heterocycles. The van der Waals surface area contributed by atoms with E-state index in [0.717, 1.165) is 10.5 Å². The summed E-state index contributed by atoms with van der Waals surface area (Å²) in [6.07, 6.45) is 0.670. The maximum Gasteiger partial charge on any atom is 0.238 e. The SMILES string of the molecule is Nc1ccc(NC(=O)C2Cc3ccccc3S2)c(F)c1. The first-order valence-electron chi connectivity index (χ1n) is 6.24. The fourth-order valence-corrected chi connectivity index (χ4v) is 3.37. The highest BCUT2D eigenvalue weighted by molar-refractivity contribution is 8.01. The van der Waals surface area contributed by atoms with Crippen molar-refractivity contribution >= 4 is 29.0 Å². The van der Waals surface area contributed by atoms with Gasteiger partial charge in [-0.3, -0.25) is 4.79 Å². The number of carbonyl (C=O) groups excluding carboxylic acids is 1. The van der Waals surface area contributed by atoms with Gasteiger partial charge in [-0.05, 0) is 36.2 Å². The molecule has 0 radical (unpaired) electrons. The van der Waals surface area contributed by atoms with Gasteiger partial charge in [-0.2, -0.15) is 0 Å². The lowest BCUT2D eigenvalue weighted by Crippen LogP contribution is -2.25. The van der Waals surface area contributed by atoms with Crippen LogP contribution in [0.3, 0.4) is 0 Å². The fourth-order valence-electron chi connectivity index (χ4n) is 2.17. The van der Waals surface area contributed by atoms with Crippen LogP contribution < -0.4 is 11.1 Å². The van der Waals surface area contributed by atoms with Crippen LogP contribution in [0.5, 0.6) is 0 Å². The van der Waals surface area contributed by atoms with E-state index in [2.05, 4.69) is 5.32 Å². The number of halogens is 1. The monoisotopic (exact) mass is 288 g/mol. The van der Waals surface area contributed by atoms with Crippen molar-refractivity contribution in [1.29, 1.82) is 0 Å². The Morgan fingerprint density at radius 1 is 1.30 bits per heavy atom. The van der Waals surface area contributed by atoms with Gasteiger partial charge in [0.2, 0.25) is 5.91 Å². The average Bonchev–Trinajstić information content (AvgIpc) is 2.86. The zero-order valence-electron chi connectivity index (χ0n) is 10.6. The van der Waals surface area contributed by atoms with Gasteiger partial charge in [0, 0.05) is 10.6 Å². The third kappa shape index (κ3) is 2.49. The Hall–Kier alpha value is -2.01. The number of hydrogen-bond acceptors (Lipinski definition) is 3. The van der Waals surface area contributed by atoms with Gasteiger partial charge in [0.15, 0.2) is 0 Å². The van der Waals surface area contributed by atoms with E-state index < -0.39 is 5.82 Å². The predicted octanol–water partition coefficient (Wildman–Crippen LogP) is 3.06. The number of nitrogens with two attached hydrogens (primary N) is 1. The quantitative estimate of drug-likeness (QED) is 0.835. The van der Waals surface area contributed by atoms with E-state index in [1.54, 1.807) is 6.07 Å². The number of fused-ring (bicyclic) bond motifs is 1. The van der Waals surface area contributed by atoms with Crippen LogP contribution in [0.4, 0.5) is 15.8 Å². The third-order valence-electron chi connectivity index (χ3n) is 3.19. The highest BCUT2D eigenvalue weighted by atomic mass is 32.2. The van der Waals surface area contributed by atoms with E-state index in [9.17, 15) is 9.18 Å². The van der Waals surface area contributed by atoms with Crippen LogP contribution >= 0.6 is 11.8 Å². The van der Waals surface area contributed by atoms with Crippen LogP contribution in [0.15, 0.2) is 47.4 Å². The highest BCUT2D eigenvalue weighted by Gasteiger charge is 2.28. The Balaban J connectivity index is 1.72. The van der Waals surface area contributed by atoms with Gasteiger partial charge in [0.1, 0.15) is 5.82 Å². The molecule has 1 atom stereocenters. The minimum Gasteiger partial charge on any atom is -0.399 e. The molecular formula is C15H13FN2OS. The predicted molar refractivity (Wildman–Crippen MR) is 79.2 cm³/mol. The molecule has 3 N–H and O–H groups in total. The second kappa shape index (κ2) is 5.17. The Bertz CT molecular complexity index is 650. The van der Waals surface area contributed by atoms with Crippen LogP contribution in [0.2, 0.25) is 0 Å². The molecule has 1 heterocycles. The van der Waals surface area contributed by atoms with E-state index in [-0.39, 0.29) is 16.8 Å². The summed E-state index contributed by atoms with van der Waals surface area (Å²) in [7, 11) is 0. The van der Waals surface area contributed by atoms with Crippen molar-refractivity contribution in [2.24, 2.45) is 0 Å². The molecule has 5 heteroatoms. The highest BCUT2D eigenvalue weighted by Crippen LogP contribution is 2.37. The molecular weight excluding hydrogens is 275 g/mol. The molecule has 0 bridgehead atoms. The maximum absolute atomic E-state index is 13.7. The average molecular weight is 288 g/mol. The van der Waals surface area contributed by atoms with Crippen molar-refractivity contribution < 1.29 is 9.18 Å². The number of nitrogen functional groups attached to an aromatic ring is 1. The summed E-state index contributed by atoms with van der Waals surface area (Å²) in [5.41, 5.74) is 7.15. The molecule has 0 saturated heterocycles. The minimum atomic E-state index is -0.515. The van der Waals surface area contributed by atoms with E-state index in [4.69, 9.17) is 5.73 Å². The number of benzene rings is 2. The number of anilines is 2. The molecule has 1 aliphatic rings. The molecule has 1 amide bonds. The molecule has 0 spiro atoms. The molecule has 2 aromatic rings. The van der Waals surface area contributed by atoms with Gasteiger partial charge in [-0.25, -0.2) is 4.39 Å². The summed E-state index contributed by atoms with van der Waals surface area (Å²) < 4.78 is 13.7. The van der Waals surface area contributed by atoms with E-state index in [0.29, 0.717) is 12.1 Å². The standard InChI is InChI=1S/C15H13FN2OS/c16-11-8-10(17)5-6-12(11)18-15(19)14-7-9-3-1-2-4-13(9)20-14/h1-6,8,14H,7,17H2,(H,18,19). The smallest absolute Gasteiger partial charge is 0.238 e. The molecule has 3 nitrogen and oxygen atoms in total. The Morgan fingerprint density at radius 2 is 2.10 bits per heavy atom. The molecule has 0 saturated carbocycles. The lowest BCUT2D eigenvalue weighted by molar-refractivity contribution is -0.115. The first kappa shape index (κ1) is 13.0. The third-order valence-corrected chi connectivity index (χ3v) is 4.51. The topological polar surface area (TPSA) is 55.1 Å². The normalized spacial score (nSPS) is 16.8. The second-order valence-corrected chi connectivity index (χ2v) is 5.89. The second-order valence-electron chi connectivity index (χ2n) is 4.65. The van der Waals surface area contributed by atoms with Crippen LogP contribution in [-0.4, -0.2) is 11.2 Å². The molecule has 1 unspecified atom stereocenters. The Morgan fingerprint density at radius 3 is 2.85 bits per heavy atom. The van der Waals surface area contributed by atoms with Crippen LogP contribution in [-0.2, 0) is 11.2 Å². The van der Waals surface area contributed by atoms with Gasteiger partial charge >= 0.3 is 0 Å². The largest absolute Gasteiger partial charge is 0.399 e. The van der Waals surface area contributed by atoms with E-state index in [1.165, 1.54) is 23.9 Å². The summed E-state index contributed by atoms with van der Waals surface area (Å²) in [5, 5.41) is 2.41. The van der Waals surface area contributed by atoms with Crippen molar-refractivity contribution in [3.05, 3.63) is 53.8 Å². The number of rotatable bonds is 2. The Labute approximate surface area is 120 Å². The van der Waals surface area contributed by atoms with Crippen LogP contribution in [0.25, 0.3) is 0 Å². The van der Waals surface area contributed by atoms with E-state index >= 15 is 0 Å². The fraction of sp³-hybridized carbons (Fsp3) is 0.133. The lowest BCUT2D eigenvalue weighted by Gasteiger charge is -2.11. The molecule has 2 aromatic carbocycles. The summed E-state index contributed by atoms with van der Waals surface area (Å²) in [6, 6.07) is 12.2. The number of carbonyl (C=O) groups is 1. The Kier molecular flexibility index (Phi) is 3.36. The van der Waals surface area contributed by atoms with Crippen molar-refractivity contribution in [2.75, 3.05) is 11.1 Å². The zero-order chi connectivity index (χ0) is 14.1. The van der Waals surface area contributed by atoms with Gasteiger partial charge < -0.3 is 11.1 Å². The lowest BCUT2D eigenvalue weighted by atomic mass is 10.1. The van der Waals surface area contributed by atoms with Gasteiger partial charge in [0.05, 0.1) is 10.9 Å². The zero-order valence-corrected chi connectivity index (χ0v) is 11.4. The summed E-state index contributed by atoms with van der Waals surface area (Å²) >= 11 is 1.51. The van der Waals surface area contributed by atoms with Crippen molar-refractivity contribution in [1.82, 2.24) is 0 Å². The van der Waals surface area contributed by atoms with E-state index in [1.807, 2.05) is 24.3 Å². The number of thioether (sulfide) groups is 1. The van der Waals surface area contributed by atoms with Gasteiger partial charge in [0.25, 0.3) is 0 Å². The molecule has 102 valence electrons. The molecule has 20 heavy (non-hydrogen) atoms. The van der Waals surface area contributed by atoms with Crippen LogP contribution in [0, 0.1) is 5.82 Å². The summed E-state index contributed by atoms with van der Waals surface area (Å²) in [5.74, 6) is -0.700. The molecule has 0 aliphatic carbocycles. The van der Waals surface area contributed by atoms with Crippen molar-refractivity contribution in [3.8, 4) is 0 Å². The van der Waals surface area contributed by atoms with Crippen molar-refractivity contribution in [3.63, 3.8) is 0 Å². The van der Waals surface area contributed by atoms with Crippen molar-refractivity contribution in [2.45, 2.75) is 16.6 Å². The summed E-state index contributed by atoms with van der Waals surface area (Å²) in [4.78, 5) is 13.3. The minimum absolute atomic E-state index is 0.167. The van der Waals surface area contributed by atoms with Crippen LogP contribution in [0.1, 0.15) is 5.56 Å². The van der Waals surface area contributed by atoms with Gasteiger partial charge in [-0.15, -0.1) is 11.8 Å². The molecule has 0 fully saturated rings.